The fraction of sp³-hybridized carbons (Fsp3) is 0. The van der Waals surface area contributed by atoms with Gasteiger partial charge in [-0.25, -0.2) is 0 Å². The number of non-ortho nitro benzene ring substituents is 1. The third-order valence-corrected chi connectivity index (χ3v) is 3.98. The summed E-state index contributed by atoms with van der Waals surface area (Å²) in [5.41, 5.74) is 1.62. The first kappa shape index (κ1) is 18.2. The molecule has 7 heteroatoms. The normalized spacial score (nSPS) is 10.1. The van der Waals surface area contributed by atoms with E-state index >= 15 is 0 Å². The molecule has 0 bridgehead atoms. The Morgan fingerprint density at radius 2 is 1.52 bits per heavy atom. The molecule has 0 saturated heterocycles. The van der Waals surface area contributed by atoms with Crippen LogP contribution in [0.4, 0.5) is 17.1 Å². The fourth-order valence-electron chi connectivity index (χ4n) is 2.49. The smallest absolute Gasteiger partial charge is 0.270 e. The van der Waals surface area contributed by atoms with E-state index in [-0.39, 0.29) is 22.1 Å². The number of hydrogen-bond acceptors (Lipinski definition) is 4. The Hall–Kier alpha value is -3.58. The molecule has 134 valence electrons. The molecule has 0 aliphatic rings. The van der Waals surface area contributed by atoms with Crippen LogP contribution < -0.4 is 10.6 Å². The zero-order chi connectivity index (χ0) is 19.2. The van der Waals surface area contributed by atoms with Gasteiger partial charge in [0.15, 0.2) is 10.9 Å². The molecule has 0 radical (unpaired) electrons. The highest BCUT2D eigenvalue weighted by molar-refractivity contribution is 7.80. The summed E-state index contributed by atoms with van der Waals surface area (Å²) in [4.78, 5) is 23.4. The summed E-state index contributed by atoms with van der Waals surface area (Å²) in [6.07, 6.45) is 0. The molecule has 0 saturated carbocycles. The van der Waals surface area contributed by atoms with Crippen molar-refractivity contribution in [2.75, 3.05) is 10.6 Å². The molecule has 0 spiro atoms. The summed E-state index contributed by atoms with van der Waals surface area (Å²) in [6.45, 7) is 0. The Morgan fingerprint density at radius 3 is 2.15 bits per heavy atom. The average molecular weight is 377 g/mol. The van der Waals surface area contributed by atoms with Crippen molar-refractivity contribution in [1.29, 1.82) is 0 Å². The SMILES string of the molecule is O=C(c1ccccc1)c1cc([N+](=O)[O-])ccc1NC(=S)Nc1ccccc1. The van der Waals surface area contributed by atoms with E-state index in [9.17, 15) is 14.9 Å². The van der Waals surface area contributed by atoms with Crippen LogP contribution in [0.2, 0.25) is 0 Å². The second-order valence-corrected chi connectivity index (χ2v) is 6.04. The second-order valence-electron chi connectivity index (χ2n) is 5.63. The zero-order valence-corrected chi connectivity index (χ0v) is 14.9. The van der Waals surface area contributed by atoms with E-state index in [1.165, 1.54) is 18.2 Å². The summed E-state index contributed by atoms with van der Waals surface area (Å²) in [7, 11) is 0. The Morgan fingerprint density at radius 1 is 0.889 bits per heavy atom. The largest absolute Gasteiger partial charge is 0.332 e. The molecule has 3 aromatic rings. The Balaban J connectivity index is 1.91. The third-order valence-electron chi connectivity index (χ3n) is 3.77. The molecule has 6 nitrogen and oxygen atoms in total. The first-order valence-corrected chi connectivity index (χ1v) is 8.46. The first-order chi connectivity index (χ1) is 13.0. The molecule has 0 aliphatic carbocycles. The molecule has 0 heterocycles. The molecule has 0 unspecified atom stereocenters. The third kappa shape index (κ3) is 4.53. The number of rotatable bonds is 5. The number of anilines is 2. The number of carbonyl (C=O) groups excluding carboxylic acids is 1. The monoisotopic (exact) mass is 377 g/mol. The number of nitrogens with zero attached hydrogens (tertiary/aromatic N) is 1. The molecule has 2 N–H and O–H groups in total. The summed E-state index contributed by atoms with van der Waals surface area (Å²) >= 11 is 5.30. The van der Waals surface area contributed by atoms with Gasteiger partial charge < -0.3 is 10.6 Å². The summed E-state index contributed by atoms with van der Waals surface area (Å²) in [5.74, 6) is -0.329. The van der Waals surface area contributed by atoms with Crippen LogP contribution in [0.3, 0.4) is 0 Å². The highest BCUT2D eigenvalue weighted by Crippen LogP contribution is 2.25. The van der Waals surface area contributed by atoms with Gasteiger partial charge in [0.1, 0.15) is 0 Å². The molecule has 3 aromatic carbocycles. The van der Waals surface area contributed by atoms with Gasteiger partial charge in [0.05, 0.1) is 16.2 Å². The van der Waals surface area contributed by atoms with Crippen molar-refractivity contribution >= 4 is 40.2 Å². The first-order valence-electron chi connectivity index (χ1n) is 8.06. The van der Waals surface area contributed by atoms with E-state index in [1.54, 1.807) is 30.3 Å². The van der Waals surface area contributed by atoms with Gasteiger partial charge in [-0.1, -0.05) is 48.5 Å². The van der Waals surface area contributed by atoms with Gasteiger partial charge in [0, 0.05) is 23.4 Å². The lowest BCUT2D eigenvalue weighted by atomic mass is 10.0. The van der Waals surface area contributed by atoms with Crippen LogP contribution in [0.1, 0.15) is 15.9 Å². The Labute approximate surface area is 161 Å². The number of nitro groups is 1. The highest BCUT2D eigenvalue weighted by Gasteiger charge is 2.18. The van der Waals surface area contributed by atoms with Gasteiger partial charge >= 0.3 is 0 Å². The van der Waals surface area contributed by atoms with Gasteiger partial charge in [-0.05, 0) is 30.4 Å². The molecule has 0 aromatic heterocycles. The summed E-state index contributed by atoms with van der Waals surface area (Å²) < 4.78 is 0. The van der Waals surface area contributed by atoms with Crippen LogP contribution in [0, 0.1) is 10.1 Å². The van der Waals surface area contributed by atoms with Crippen LogP contribution >= 0.6 is 12.2 Å². The zero-order valence-electron chi connectivity index (χ0n) is 14.1. The summed E-state index contributed by atoms with van der Waals surface area (Å²) in [5, 5.41) is 17.4. The van der Waals surface area contributed by atoms with Gasteiger partial charge in [0.2, 0.25) is 0 Å². The molecular weight excluding hydrogens is 362 g/mol. The molecule has 0 atom stereocenters. The average Bonchev–Trinajstić information content (AvgIpc) is 2.69. The summed E-state index contributed by atoms with van der Waals surface area (Å²) in [6, 6.07) is 21.9. The van der Waals surface area contributed by atoms with Crippen LogP contribution in [0.5, 0.6) is 0 Å². The van der Waals surface area contributed by atoms with Crippen molar-refractivity contribution in [3.63, 3.8) is 0 Å². The number of carbonyl (C=O) groups is 1. The van der Waals surface area contributed by atoms with Crippen LogP contribution in [-0.4, -0.2) is 15.8 Å². The minimum Gasteiger partial charge on any atom is -0.332 e. The predicted octanol–water partition coefficient (Wildman–Crippen LogP) is 4.63. The van der Waals surface area contributed by atoms with E-state index in [2.05, 4.69) is 10.6 Å². The maximum atomic E-state index is 12.9. The van der Waals surface area contributed by atoms with Crippen molar-refractivity contribution < 1.29 is 9.72 Å². The van der Waals surface area contributed by atoms with Crippen molar-refractivity contribution in [2.24, 2.45) is 0 Å². The number of benzene rings is 3. The number of hydrogen-bond donors (Lipinski definition) is 2. The highest BCUT2D eigenvalue weighted by atomic mass is 32.1. The van der Waals surface area contributed by atoms with E-state index in [4.69, 9.17) is 12.2 Å². The predicted molar refractivity (Wildman–Crippen MR) is 109 cm³/mol. The van der Waals surface area contributed by atoms with Gasteiger partial charge in [-0.15, -0.1) is 0 Å². The Bertz CT molecular complexity index is 992. The lowest BCUT2D eigenvalue weighted by Gasteiger charge is -2.14. The number of nitrogens with one attached hydrogen (secondary N) is 2. The maximum Gasteiger partial charge on any atom is 0.270 e. The quantitative estimate of drug-likeness (QED) is 0.292. The topological polar surface area (TPSA) is 84.3 Å². The minimum atomic E-state index is -0.536. The van der Waals surface area contributed by atoms with E-state index in [1.807, 2.05) is 30.3 Å². The maximum absolute atomic E-state index is 12.9. The van der Waals surface area contributed by atoms with Crippen molar-refractivity contribution in [2.45, 2.75) is 0 Å². The number of para-hydroxylation sites is 1. The van der Waals surface area contributed by atoms with Gasteiger partial charge in [-0.2, -0.15) is 0 Å². The molecule has 0 fully saturated rings. The number of ketones is 1. The van der Waals surface area contributed by atoms with Crippen LogP contribution in [0.25, 0.3) is 0 Å². The molecule has 27 heavy (non-hydrogen) atoms. The molecule has 3 rings (SSSR count). The second kappa shape index (κ2) is 8.20. The van der Waals surface area contributed by atoms with Gasteiger partial charge in [-0.3, -0.25) is 14.9 Å². The lowest BCUT2D eigenvalue weighted by molar-refractivity contribution is -0.384. The van der Waals surface area contributed by atoms with E-state index in [0.717, 1.165) is 5.69 Å². The number of nitro benzene ring substituents is 1. The molecule has 0 amide bonds. The lowest BCUT2D eigenvalue weighted by Crippen LogP contribution is -2.21. The van der Waals surface area contributed by atoms with Crippen LogP contribution in [0.15, 0.2) is 78.9 Å². The van der Waals surface area contributed by atoms with Crippen molar-refractivity contribution in [3.8, 4) is 0 Å². The van der Waals surface area contributed by atoms with Crippen LogP contribution in [-0.2, 0) is 0 Å². The Kier molecular flexibility index (Phi) is 5.53. The number of thiocarbonyl (C=S) groups is 1. The van der Waals surface area contributed by atoms with Gasteiger partial charge in [0.25, 0.3) is 5.69 Å². The van der Waals surface area contributed by atoms with Crippen molar-refractivity contribution in [3.05, 3.63) is 100 Å². The standard InChI is InChI=1S/C20H15N3O3S/c24-19(14-7-3-1-4-8-14)17-13-16(23(25)26)11-12-18(17)22-20(27)21-15-9-5-2-6-10-15/h1-13H,(H2,21,22,27). The molecular formula is C20H15N3O3S. The van der Waals surface area contributed by atoms with E-state index < -0.39 is 4.92 Å². The fourth-order valence-corrected chi connectivity index (χ4v) is 2.72. The minimum absolute atomic E-state index is 0.165. The van der Waals surface area contributed by atoms with Crippen molar-refractivity contribution in [1.82, 2.24) is 0 Å². The molecule has 0 aliphatic heterocycles. The van der Waals surface area contributed by atoms with E-state index in [0.29, 0.717) is 11.3 Å².